The molecule has 0 aliphatic carbocycles. The topological polar surface area (TPSA) is 9.23 Å². The van der Waals surface area contributed by atoms with Gasteiger partial charge in [-0.05, 0) is 30.3 Å². The van der Waals surface area contributed by atoms with Crippen molar-refractivity contribution >= 4 is 13.5 Å². The number of hydrogen-bond acceptors (Lipinski definition) is 1. The number of hydrogen-bond donors (Lipinski definition) is 0. The highest BCUT2D eigenvalue weighted by Gasteiger charge is 2.39. The summed E-state index contributed by atoms with van der Waals surface area (Å²) < 4.78 is 6.26. The quantitative estimate of drug-likeness (QED) is 0.710. The Bertz CT molecular complexity index is 346. The Morgan fingerprint density at radius 3 is 2.73 bits per heavy atom. The summed E-state index contributed by atoms with van der Waals surface area (Å²) in [5, 5.41) is 1.51. The van der Waals surface area contributed by atoms with Crippen LogP contribution in [0, 0.1) is 0 Å². The molecule has 2 heteroatoms. The standard InChI is InChI=1S/C13H20OSi/c1-4-5-9-12-11-8-6-7-10-13(11)15(2,3)14-12/h6-8,10,12H,4-5,9H2,1-3H3. The normalized spacial score (nSPS) is 22.7. The largest absolute Gasteiger partial charge is 0.406 e. The summed E-state index contributed by atoms with van der Waals surface area (Å²) in [6.45, 7) is 6.85. The van der Waals surface area contributed by atoms with Crippen molar-refractivity contribution in [2.45, 2.75) is 45.4 Å². The molecule has 1 nitrogen and oxygen atoms in total. The van der Waals surface area contributed by atoms with E-state index in [-0.39, 0.29) is 0 Å². The Hall–Kier alpha value is -0.603. The van der Waals surface area contributed by atoms with Crippen LogP contribution in [-0.2, 0) is 4.43 Å². The molecule has 0 bridgehead atoms. The molecular formula is C13H20OSi. The first-order valence-corrected chi connectivity index (χ1v) is 8.83. The molecule has 1 atom stereocenters. The number of benzene rings is 1. The van der Waals surface area contributed by atoms with E-state index in [1.54, 1.807) is 0 Å². The summed E-state index contributed by atoms with van der Waals surface area (Å²) in [6.07, 6.45) is 4.08. The molecule has 0 spiro atoms. The smallest absolute Gasteiger partial charge is 0.219 e. The molecule has 1 aromatic carbocycles. The van der Waals surface area contributed by atoms with Crippen molar-refractivity contribution in [1.82, 2.24) is 0 Å². The molecule has 1 heterocycles. The van der Waals surface area contributed by atoms with Gasteiger partial charge in [0.1, 0.15) is 0 Å². The Kier molecular flexibility index (Phi) is 2.98. The van der Waals surface area contributed by atoms with Crippen LogP contribution in [0.5, 0.6) is 0 Å². The summed E-state index contributed by atoms with van der Waals surface area (Å²) in [7, 11) is -1.57. The van der Waals surface area contributed by atoms with Crippen molar-refractivity contribution in [3.63, 3.8) is 0 Å². The maximum Gasteiger partial charge on any atom is 0.219 e. The lowest BCUT2D eigenvalue weighted by Crippen LogP contribution is -2.39. The van der Waals surface area contributed by atoms with Crippen LogP contribution in [0.15, 0.2) is 24.3 Å². The maximum absolute atomic E-state index is 6.26. The van der Waals surface area contributed by atoms with Gasteiger partial charge in [0.25, 0.3) is 0 Å². The maximum atomic E-state index is 6.26. The highest BCUT2D eigenvalue weighted by molar-refractivity contribution is 6.85. The van der Waals surface area contributed by atoms with Gasteiger partial charge in [-0.1, -0.05) is 44.0 Å². The zero-order chi connectivity index (χ0) is 10.9. The van der Waals surface area contributed by atoms with E-state index < -0.39 is 8.32 Å². The van der Waals surface area contributed by atoms with E-state index in [1.807, 2.05) is 0 Å². The fourth-order valence-electron chi connectivity index (χ4n) is 2.41. The minimum atomic E-state index is -1.57. The van der Waals surface area contributed by atoms with E-state index in [0.717, 1.165) is 0 Å². The van der Waals surface area contributed by atoms with E-state index in [0.29, 0.717) is 6.10 Å². The van der Waals surface area contributed by atoms with Gasteiger partial charge in [0, 0.05) is 0 Å². The zero-order valence-electron chi connectivity index (χ0n) is 9.92. The predicted molar refractivity (Wildman–Crippen MR) is 66.9 cm³/mol. The van der Waals surface area contributed by atoms with Gasteiger partial charge in [-0.15, -0.1) is 0 Å². The highest BCUT2D eigenvalue weighted by Crippen LogP contribution is 2.33. The van der Waals surface area contributed by atoms with Crippen LogP contribution in [0.25, 0.3) is 0 Å². The second-order valence-corrected chi connectivity index (χ2v) is 8.64. The fourth-order valence-corrected chi connectivity index (χ4v) is 4.93. The van der Waals surface area contributed by atoms with Crippen LogP contribution < -0.4 is 5.19 Å². The Balaban J connectivity index is 2.26. The molecule has 1 aromatic rings. The second-order valence-electron chi connectivity index (χ2n) is 4.85. The Morgan fingerprint density at radius 2 is 2.00 bits per heavy atom. The molecule has 1 aliphatic rings. The van der Waals surface area contributed by atoms with E-state index in [4.69, 9.17) is 4.43 Å². The molecule has 0 amide bonds. The van der Waals surface area contributed by atoms with Gasteiger partial charge in [0.05, 0.1) is 6.10 Å². The lowest BCUT2D eigenvalue weighted by molar-refractivity contribution is 0.201. The van der Waals surface area contributed by atoms with Gasteiger partial charge >= 0.3 is 0 Å². The summed E-state index contributed by atoms with van der Waals surface area (Å²) in [4.78, 5) is 0. The molecule has 82 valence electrons. The Labute approximate surface area is 93.6 Å². The van der Waals surface area contributed by atoms with Gasteiger partial charge in [-0.3, -0.25) is 0 Å². The second kappa shape index (κ2) is 4.10. The summed E-state index contributed by atoms with van der Waals surface area (Å²) in [5.74, 6) is 0. The van der Waals surface area contributed by atoms with Crippen LogP contribution in [0.4, 0.5) is 0 Å². The molecule has 1 aliphatic heterocycles. The van der Waals surface area contributed by atoms with Gasteiger partial charge in [-0.2, -0.15) is 0 Å². The molecule has 0 N–H and O–H groups in total. The van der Waals surface area contributed by atoms with Crippen molar-refractivity contribution in [3.8, 4) is 0 Å². The third kappa shape index (κ3) is 2.01. The molecule has 2 rings (SSSR count). The van der Waals surface area contributed by atoms with E-state index in [2.05, 4.69) is 44.3 Å². The van der Waals surface area contributed by atoms with Crippen molar-refractivity contribution in [2.75, 3.05) is 0 Å². The first-order valence-electron chi connectivity index (χ1n) is 5.92. The van der Waals surface area contributed by atoms with Crippen LogP contribution >= 0.6 is 0 Å². The van der Waals surface area contributed by atoms with Crippen molar-refractivity contribution < 1.29 is 4.43 Å². The third-order valence-electron chi connectivity index (χ3n) is 3.21. The molecule has 15 heavy (non-hydrogen) atoms. The molecule has 0 fully saturated rings. The van der Waals surface area contributed by atoms with Gasteiger partial charge in [0.15, 0.2) is 0 Å². The van der Waals surface area contributed by atoms with E-state index in [9.17, 15) is 0 Å². The minimum Gasteiger partial charge on any atom is -0.406 e. The molecular weight excluding hydrogens is 200 g/mol. The molecule has 0 saturated heterocycles. The van der Waals surface area contributed by atoms with Crippen molar-refractivity contribution in [1.29, 1.82) is 0 Å². The van der Waals surface area contributed by atoms with Gasteiger partial charge < -0.3 is 4.43 Å². The lowest BCUT2D eigenvalue weighted by Gasteiger charge is -2.18. The molecule has 1 unspecified atom stereocenters. The third-order valence-corrected chi connectivity index (χ3v) is 5.84. The lowest BCUT2D eigenvalue weighted by atomic mass is 10.0. The number of rotatable bonds is 3. The van der Waals surface area contributed by atoms with Gasteiger partial charge in [-0.25, -0.2) is 0 Å². The van der Waals surface area contributed by atoms with Gasteiger partial charge in [0.2, 0.25) is 8.32 Å². The van der Waals surface area contributed by atoms with E-state index >= 15 is 0 Å². The molecule has 0 aromatic heterocycles. The van der Waals surface area contributed by atoms with Crippen molar-refractivity contribution in [2.24, 2.45) is 0 Å². The average molecular weight is 220 g/mol. The average Bonchev–Trinajstić information content (AvgIpc) is 2.49. The number of unbranched alkanes of at least 4 members (excludes halogenated alkanes) is 1. The summed E-state index contributed by atoms with van der Waals surface area (Å²) in [5.41, 5.74) is 1.46. The summed E-state index contributed by atoms with van der Waals surface area (Å²) in [6, 6.07) is 8.78. The number of fused-ring (bicyclic) bond motifs is 1. The highest BCUT2D eigenvalue weighted by atomic mass is 28.4. The van der Waals surface area contributed by atoms with Crippen LogP contribution in [0.1, 0.15) is 37.9 Å². The van der Waals surface area contributed by atoms with E-state index in [1.165, 1.54) is 30.0 Å². The first kappa shape index (κ1) is 10.9. The zero-order valence-corrected chi connectivity index (χ0v) is 10.9. The van der Waals surface area contributed by atoms with Crippen LogP contribution in [0.3, 0.4) is 0 Å². The first-order chi connectivity index (χ1) is 7.15. The predicted octanol–water partition coefficient (Wildman–Crippen LogP) is 3.36. The van der Waals surface area contributed by atoms with Crippen LogP contribution in [-0.4, -0.2) is 8.32 Å². The monoisotopic (exact) mass is 220 g/mol. The molecule has 0 radical (unpaired) electrons. The SMILES string of the molecule is CCCCC1O[Si](C)(C)c2ccccc21. The minimum absolute atomic E-state index is 0.378. The molecule has 0 saturated carbocycles. The Morgan fingerprint density at radius 1 is 1.27 bits per heavy atom. The fraction of sp³-hybridized carbons (Fsp3) is 0.538. The van der Waals surface area contributed by atoms with Crippen molar-refractivity contribution in [3.05, 3.63) is 29.8 Å². The van der Waals surface area contributed by atoms with Crippen LogP contribution in [0.2, 0.25) is 13.1 Å². The summed E-state index contributed by atoms with van der Waals surface area (Å²) >= 11 is 0.